The van der Waals surface area contributed by atoms with Gasteiger partial charge in [0.15, 0.2) is 0 Å². The molecular formula is C21H20N4O2S2. The number of hydrogen-bond donors (Lipinski definition) is 2. The van der Waals surface area contributed by atoms with Gasteiger partial charge >= 0.3 is 0 Å². The first-order chi connectivity index (χ1) is 13.9. The van der Waals surface area contributed by atoms with Crippen molar-refractivity contribution in [3.05, 3.63) is 58.5 Å². The van der Waals surface area contributed by atoms with E-state index in [-0.39, 0.29) is 17.2 Å². The Balaban J connectivity index is 1.33. The highest BCUT2D eigenvalue weighted by Gasteiger charge is 2.21. The highest BCUT2D eigenvalue weighted by atomic mass is 32.1. The van der Waals surface area contributed by atoms with Gasteiger partial charge in [0, 0.05) is 24.2 Å². The van der Waals surface area contributed by atoms with Gasteiger partial charge in [-0.2, -0.15) is 0 Å². The summed E-state index contributed by atoms with van der Waals surface area (Å²) >= 11 is 3.02. The van der Waals surface area contributed by atoms with E-state index in [1.165, 1.54) is 22.7 Å². The molecule has 0 unspecified atom stereocenters. The molecule has 0 aliphatic carbocycles. The average molecular weight is 425 g/mol. The van der Waals surface area contributed by atoms with Gasteiger partial charge in [0.05, 0.1) is 31.5 Å². The molecule has 0 atom stereocenters. The lowest BCUT2D eigenvalue weighted by atomic mass is 9.93. The Morgan fingerprint density at radius 3 is 1.72 bits per heavy atom. The second kappa shape index (κ2) is 7.88. The fourth-order valence-corrected chi connectivity index (χ4v) is 4.33. The van der Waals surface area contributed by atoms with Gasteiger partial charge in [-0.05, 0) is 41.8 Å². The molecule has 2 amide bonds. The van der Waals surface area contributed by atoms with E-state index in [1.807, 2.05) is 38.1 Å². The third-order valence-electron chi connectivity index (χ3n) is 4.64. The Hall–Kier alpha value is -2.84. The summed E-state index contributed by atoms with van der Waals surface area (Å²) < 4.78 is 1.98. The minimum Gasteiger partial charge on any atom is -0.351 e. The molecule has 0 saturated heterocycles. The third-order valence-corrected chi connectivity index (χ3v) is 6.23. The Morgan fingerprint density at radius 1 is 0.828 bits per heavy atom. The molecule has 4 rings (SSSR count). The monoisotopic (exact) mass is 424 g/mol. The van der Waals surface area contributed by atoms with Crippen LogP contribution in [0, 0.1) is 5.41 Å². The minimum absolute atomic E-state index is 0.129. The van der Waals surface area contributed by atoms with E-state index in [4.69, 9.17) is 0 Å². The van der Waals surface area contributed by atoms with E-state index in [0.29, 0.717) is 24.2 Å². The normalized spacial score (nSPS) is 11.7. The van der Waals surface area contributed by atoms with Gasteiger partial charge in [-0.3, -0.25) is 9.59 Å². The SMILES string of the molecule is CC(C)(CNC(=O)c1ccc2ncsc2c1)CNC(=O)c1ccc2ncsc2c1. The van der Waals surface area contributed by atoms with Gasteiger partial charge in [0.2, 0.25) is 0 Å². The third kappa shape index (κ3) is 4.44. The van der Waals surface area contributed by atoms with Gasteiger partial charge in [0.1, 0.15) is 0 Å². The zero-order chi connectivity index (χ0) is 20.4. The van der Waals surface area contributed by atoms with Crippen molar-refractivity contribution in [1.29, 1.82) is 0 Å². The molecular weight excluding hydrogens is 404 g/mol. The van der Waals surface area contributed by atoms with Crippen molar-refractivity contribution in [2.45, 2.75) is 13.8 Å². The Kier molecular flexibility index (Phi) is 5.29. The standard InChI is InChI=1S/C21H20N4O2S2/c1-21(2,9-22-19(26)13-3-5-15-17(7-13)28-11-24-15)10-23-20(27)14-4-6-16-18(8-14)29-12-25-16/h3-8,11-12H,9-10H2,1-2H3,(H,22,26)(H,23,27). The summed E-state index contributed by atoms with van der Waals surface area (Å²) in [6.07, 6.45) is 0. The number of carbonyl (C=O) groups excluding carboxylic acids is 2. The predicted octanol–water partition coefficient (Wildman–Crippen LogP) is 4.09. The topological polar surface area (TPSA) is 84.0 Å². The van der Waals surface area contributed by atoms with E-state index in [0.717, 1.165) is 20.4 Å². The Morgan fingerprint density at radius 2 is 1.28 bits per heavy atom. The molecule has 148 valence electrons. The van der Waals surface area contributed by atoms with Gasteiger partial charge in [-0.25, -0.2) is 9.97 Å². The summed E-state index contributed by atoms with van der Waals surface area (Å²) in [5.74, 6) is -0.259. The molecule has 8 heteroatoms. The number of carbonyl (C=O) groups is 2. The molecule has 0 aliphatic rings. The molecule has 4 aromatic rings. The van der Waals surface area contributed by atoms with Crippen LogP contribution in [0.5, 0.6) is 0 Å². The lowest BCUT2D eigenvalue weighted by Gasteiger charge is -2.25. The molecule has 2 heterocycles. The van der Waals surface area contributed by atoms with E-state index >= 15 is 0 Å². The van der Waals surface area contributed by atoms with Gasteiger partial charge in [-0.15, -0.1) is 22.7 Å². The molecule has 0 spiro atoms. The number of aromatic nitrogens is 2. The summed E-state index contributed by atoms with van der Waals surface area (Å²) in [4.78, 5) is 33.4. The van der Waals surface area contributed by atoms with Crippen LogP contribution in [-0.2, 0) is 0 Å². The minimum atomic E-state index is -0.297. The highest BCUT2D eigenvalue weighted by Crippen LogP contribution is 2.21. The van der Waals surface area contributed by atoms with Crippen molar-refractivity contribution in [1.82, 2.24) is 20.6 Å². The number of nitrogens with one attached hydrogen (secondary N) is 2. The van der Waals surface area contributed by atoms with Crippen LogP contribution >= 0.6 is 22.7 Å². The number of benzene rings is 2. The van der Waals surface area contributed by atoms with Crippen LogP contribution in [-0.4, -0.2) is 34.9 Å². The number of nitrogens with zero attached hydrogens (tertiary/aromatic N) is 2. The first-order valence-corrected chi connectivity index (χ1v) is 10.9. The lowest BCUT2D eigenvalue weighted by Crippen LogP contribution is -2.42. The molecule has 0 aliphatic heterocycles. The fourth-order valence-electron chi connectivity index (χ4n) is 2.90. The number of fused-ring (bicyclic) bond motifs is 2. The molecule has 0 saturated carbocycles. The number of rotatable bonds is 6. The maximum atomic E-state index is 12.5. The second-order valence-corrected chi connectivity index (χ2v) is 9.37. The Labute approximate surface area is 176 Å². The fraction of sp³-hybridized carbons (Fsp3) is 0.238. The maximum Gasteiger partial charge on any atom is 0.251 e. The smallest absolute Gasteiger partial charge is 0.251 e. The zero-order valence-electron chi connectivity index (χ0n) is 16.1. The zero-order valence-corrected chi connectivity index (χ0v) is 17.7. The van der Waals surface area contributed by atoms with Crippen LogP contribution in [0.15, 0.2) is 47.4 Å². The van der Waals surface area contributed by atoms with E-state index in [9.17, 15) is 9.59 Å². The van der Waals surface area contributed by atoms with Crippen LogP contribution in [0.1, 0.15) is 34.6 Å². The predicted molar refractivity (Wildman–Crippen MR) is 118 cm³/mol. The first-order valence-electron chi connectivity index (χ1n) is 9.14. The van der Waals surface area contributed by atoms with Crippen molar-refractivity contribution in [3.8, 4) is 0 Å². The van der Waals surface area contributed by atoms with Crippen molar-refractivity contribution < 1.29 is 9.59 Å². The molecule has 0 fully saturated rings. The summed E-state index contributed by atoms with van der Waals surface area (Å²) in [7, 11) is 0. The van der Waals surface area contributed by atoms with Crippen LogP contribution in [0.2, 0.25) is 0 Å². The average Bonchev–Trinajstić information content (AvgIpc) is 3.38. The summed E-state index contributed by atoms with van der Waals surface area (Å²) in [6.45, 7) is 4.90. The Bertz CT molecular complexity index is 1100. The number of amides is 2. The molecule has 29 heavy (non-hydrogen) atoms. The summed E-state index contributed by atoms with van der Waals surface area (Å²) in [6, 6.07) is 11.0. The molecule has 2 aromatic heterocycles. The van der Waals surface area contributed by atoms with Crippen LogP contribution in [0.25, 0.3) is 20.4 Å². The van der Waals surface area contributed by atoms with Crippen molar-refractivity contribution in [3.63, 3.8) is 0 Å². The van der Waals surface area contributed by atoms with E-state index in [2.05, 4.69) is 20.6 Å². The van der Waals surface area contributed by atoms with Crippen molar-refractivity contribution in [2.24, 2.45) is 5.41 Å². The number of hydrogen-bond acceptors (Lipinski definition) is 6. The van der Waals surface area contributed by atoms with Crippen LogP contribution < -0.4 is 10.6 Å². The van der Waals surface area contributed by atoms with Crippen molar-refractivity contribution in [2.75, 3.05) is 13.1 Å². The lowest BCUT2D eigenvalue weighted by molar-refractivity contribution is 0.0920. The maximum absolute atomic E-state index is 12.5. The van der Waals surface area contributed by atoms with Crippen LogP contribution in [0.3, 0.4) is 0 Å². The van der Waals surface area contributed by atoms with Crippen LogP contribution in [0.4, 0.5) is 0 Å². The van der Waals surface area contributed by atoms with Gasteiger partial charge in [-0.1, -0.05) is 13.8 Å². The first kappa shape index (κ1) is 19.5. The highest BCUT2D eigenvalue weighted by molar-refractivity contribution is 7.17. The number of thiazole rings is 2. The summed E-state index contributed by atoms with van der Waals surface area (Å²) in [5, 5.41) is 5.94. The molecule has 2 N–H and O–H groups in total. The van der Waals surface area contributed by atoms with E-state index < -0.39 is 0 Å². The second-order valence-electron chi connectivity index (χ2n) is 7.60. The quantitative estimate of drug-likeness (QED) is 0.488. The molecule has 0 radical (unpaired) electrons. The molecule has 2 aromatic carbocycles. The van der Waals surface area contributed by atoms with Gasteiger partial charge < -0.3 is 10.6 Å². The van der Waals surface area contributed by atoms with Crippen molar-refractivity contribution >= 4 is 54.9 Å². The molecule has 6 nitrogen and oxygen atoms in total. The molecule has 0 bridgehead atoms. The van der Waals surface area contributed by atoms with Gasteiger partial charge in [0.25, 0.3) is 11.8 Å². The largest absolute Gasteiger partial charge is 0.351 e. The van der Waals surface area contributed by atoms with E-state index in [1.54, 1.807) is 23.2 Å². The summed E-state index contributed by atoms with van der Waals surface area (Å²) in [5.41, 5.74) is 6.25.